The fourth-order valence-corrected chi connectivity index (χ4v) is 4.80. The van der Waals surface area contributed by atoms with Gasteiger partial charge in [0.25, 0.3) is 5.91 Å². The highest BCUT2D eigenvalue weighted by Gasteiger charge is 2.32. The minimum absolute atomic E-state index is 0.0160. The number of halogens is 1. The summed E-state index contributed by atoms with van der Waals surface area (Å²) in [5, 5.41) is 6.00. The summed E-state index contributed by atoms with van der Waals surface area (Å²) in [6, 6.07) is 1.95. The third-order valence-corrected chi connectivity index (χ3v) is 6.61. The standard InChI is InChI=1S/C22H28FN5O2/c1-2-14-10-28-9-12(7-13(28)11-30-14)20-18-15(8-25-22(18)29)19(23)21(27-20)26-17-6-4-3-5-16(17)24/h7,9,14,16-17H,2-6,8,10-11,24H2,1H3,(H,25,29)(H,26,27). The summed E-state index contributed by atoms with van der Waals surface area (Å²) in [6.07, 6.45) is 7.09. The number of carbonyl (C=O) groups is 1. The van der Waals surface area contributed by atoms with Gasteiger partial charge in [-0.2, -0.15) is 0 Å². The van der Waals surface area contributed by atoms with Crippen LogP contribution in [0.15, 0.2) is 12.3 Å². The third kappa shape index (κ3) is 3.28. The van der Waals surface area contributed by atoms with Crippen LogP contribution in [0.2, 0.25) is 0 Å². The molecule has 1 fully saturated rings. The minimum atomic E-state index is -0.455. The number of hydrogen-bond acceptors (Lipinski definition) is 5. The van der Waals surface area contributed by atoms with Gasteiger partial charge in [-0.15, -0.1) is 0 Å². The van der Waals surface area contributed by atoms with Gasteiger partial charge in [-0.05, 0) is 25.3 Å². The monoisotopic (exact) mass is 413 g/mol. The highest BCUT2D eigenvalue weighted by atomic mass is 19.1. The SMILES string of the molecule is CCC1Cn2cc(-c3nc(NC4CCCCC4N)c(F)c4c3C(=O)NC4)cc2CO1. The first kappa shape index (κ1) is 19.5. The average Bonchev–Trinajstić information content (AvgIpc) is 3.35. The van der Waals surface area contributed by atoms with Crippen molar-refractivity contribution in [1.29, 1.82) is 0 Å². The van der Waals surface area contributed by atoms with E-state index in [1.807, 2.05) is 12.3 Å². The molecule has 3 aliphatic rings. The topological polar surface area (TPSA) is 94.2 Å². The van der Waals surface area contributed by atoms with E-state index in [1.54, 1.807) is 0 Å². The number of ether oxygens (including phenoxy) is 1. The van der Waals surface area contributed by atoms with E-state index in [-0.39, 0.29) is 36.5 Å². The van der Waals surface area contributed by atoms with Gasteiger partial charge in [0.2, 0.25) is 0 Å². The second-order valence-corrected chi connectivity index (χ2v) is 8.57. The predicted molar refractivity (Wildman–Crippen MR) is 112 cm³/mol. The highest BCUT2D eigenvalue weighted by Crippen LogP contribution is 2.35. The molecule has 4 N–H and O–H groups in total. The maximum atomic E-state index is 15.3. The normalized spacial score (nSPS) is 25.6. The molecular formula is C22H28FN5O2. The van der Waals surface area contributed by atoms with E-state index < -0.39 is 5.82 Å². The van der Waals surface area contributed by atoms with E-state index >= 15 is 4.39 Å². The zero-order chi connectivity index (χ0) is 20.8. The van der Waals surface area contributed by atoms with Crippen molar-refractivity contribution >= 4 is 11.7 Å². The quantitative estimate of drug-likeness (QED) is 0.717. The van der Waals surface area contributed by atoms with Crippen LogP contribution in [0.3, 0.4) is 0 Å². The predicted octanol–water partition coefficient (Wildman–Crippen LogP) is 2.92. The Morgan fingerprint density at radius 2 is 2.23 bits per heavy atom. The van der Waals surface area contributed by atoms with Crippen LogP contribution in [0.5, 0.6) is 0 Å². The van der Waals surface area contributed by atoms with Crippen LogP contribution in [-0.4, -0.2) is 33.6 Å². The molecule has 0 saturated heterocycles. The van der Waals surface area contributed by atoms with Gasteiger partial charge in [-0.25, -0.2) is 9.37 Å². The van der Waals surface area contributed by atoms with Gasteiger partial charge in [-0.3, -0.25) is 4.79 Å². The number of carbonyl (C=O) groups excluding carboxylic acids is 1. The number of nitrogens with zero attached hydrogens (tertiary/aromatic N) is 2. The third-order valence-electron chi connectivity index (χ3n) is 6.61. The van der Waals surface area contributed by atoms with Gasteiger partial charge < -0.3 is 25.7 Å². The molecule has 5 rings (SSSR count). The van der Waals surface area contributed by atoms with Crippen LogP contribution in [-0.2, 0) is 24.4 Å². The van der Waals surface area contributed by atoms with Crippen molar-refractivity contribution < 1.29 is 13.9 Å². The number of rotatable bonds is 4. The Morgan fingerprint density at radius 1 is 1.40 bits per heavy atom. The molecule has 0 bridgehead atoms. The molecule has 1 saturated carbocycles. The number of amides is 1. The summed E-state index contributed by atoms with van der Waals surface area (Å²) in [4.78, 5) is 17.1. The zero-order valence-electron chi connectivity index (χ0n) is 17.2. The molecule has 2 aromatic heterocycles. The van der Waals surface area contributed by atoms with Gasteiger partial charge >= 0.3 is 0 Å². The maximum Gasteiger partial charge on any atom is 0.254 e. The number of nitrogens with two attached hydrogens (primary N) is 1. The summed E-state index contributed by atoms with van der Waals surface area (Å²) in [6.45, 7) is 3.57. The molecule has 2 aromatic rings. The molecule has 0 spiro atoms. The van der Waals surface area contributed by atoms with Gasteiger partial charge in [0, 0.05) is 48.2 Å². The van der Waals surface area contributed by atoms with Crippen molar-refractivity contribution in [3.05, 3.63) is 34.9 Å². The number of pyridine rings is 1. The second kappa shape index (κ2) is 7.67. The summed E-state index contributed by atoms with van der Waals surface area (Å²) in [7, 11) is 0. The molecule has 160 valence electrons. The Balaban J connectivity index is 1.56. The van der Waals surface area contributed by atoms with Crippen molar-refractivity contribution in [1.82, 2.24) is 14.9 Å². The highest BCUT2D eigenvalue weighted by molar-refractivity contribution is 6.04. The van der Waals surface area contributed by atoms with Crippen molar-refractivity contribution in [3.63, 3.8) is 0 Å². The van der Waals surface area contributed by atoms with Crippen LogP contribution in [0.25, 0.3) is 11.3 Å². The molecule has 0 aromatic carbocycles. The van der Waals surface area contributed by atoms with Crippen LogP contribution < -0.4 is 16.4 Å². The Bertz CT molecular complexity index is 988. The lowest BCUT2D eigenvalue weighted by Gasteiger charge is -2.30. The van der Waals surface area contributed by atoms with Crippen molar-refractivity contribution in [2.75, 3.05) is 5.32 Å². The van der Waals surface area contributed by atoms with Gasteiger partial charge in [0.1, 0.15) is 0 Å². The van der Waals surface area contributed by atoms with Crippen molar-refractivity contribution in [3.8, 4) is 11.3 Å². The number of nitrogens with one attached hydrogen (secondary N) is 2. The molecule has 7 nitrogen and oxygen atoms in total. The van der Waals surface area contributed by atoms with E-state index in [2.05, 4.69) is 27.1 Å². The summed E-state index contributed by atoms with van der Waals surface area (Å²) in [5.41, 5.74) is 9.34. The Kier molecular flexibility index (Phi) is 4.99. The molecule has 4 heterocycles. The van der Waals surface area contributed by atoms with Crippen molar-refractivity contribution in [2.45, 2.75) is 76.9 Å². The maximum absolute atomic E-state index is 15.3. The lowest BCUT2D eigenvalue weighted by Crippen LogP contribution is -2.43. The Hall–Kier alpha value is -2.45. The van der Waals surface area contributed by atoms with Crippen LogP contribution in [0.4, 0.5) is 10.2 Å². The Labute approximate surface area is 175 Å². The zero-order valence-corrected chi connectivity index (χ0v) is 17.2. The smallest absolute Gasteiger partial charge is 0.254 e. The van der Waals surface area contributed by atoms with E-state index in [0.717, 1.165) is 49.9 Å². The first-order chi connectivity index (χ1) is 14.5. The molecule has 1 amide bonds. The first-order valence-electron chi connectivity index (χ1n) is 10.9. The number of hydrogen-bond donors (Lipinski definition) is 3. The van der Waals surface area contributed by atoms with Crippen LogP contribution in [0.1, 0.15) is 60.6 Å². The second-order valence-electron chi connectivity index (χ2n) is 8.57. The number of fused-ring (bicyclic) bond motifs is 2. The fourth-order valence-electron chi connectivity index (χ4n) is 4.80. The minimum Gasteiger partial charge on any atom is -0.370 e. The summed E-state index contributed by atoms with van der Waals surface area (Å²) < 4.78 is 23.3. The largest absolute Gasteiger partial charge is 0.370 e. The summed E-state index contributed by atoms with van der Waals surface area (Å²) >= 11 is 0. The molecule has 0 radical (unpaired) electrons. The van der Waals surface area contributed by atoms with E-state index in [9.17, 15) is 4.79 Å². The Morgan fingerprint density at radius 3 is 3.03 bits per heavy atom. The first-order valence-corrected chi connectivity index (χ1v) is 10.9. The van der Waals surface area contributed by atoms with E-state index in [4.69, 9.17) is 10.5 Å². The molecule has 8 heteroatoms. The fraction of sp³-hybridized carbons (Fsp3) is 0.545. The lowest BCUT2D eigenvalue weighted by molar-refractivity contribution is 0.00269. The summed E-state index contributed by atoms with van der Waals surface area (Å²) in [5.74, 6) is -0.545. The number of aromatic nitrogens is 2. The molecular weight excluding hydrogens is 385 g/mol. The van der Waals surface area contributed by atoms with Crippen LogP contribution in [0, 0.1) is 5.82 Å². The molecule has 2 aliphatic heterocycles. The van der Waals surface area contributed by atoms with Crippen molar-refractivity contribution in [2.24, 2.45) is 5.73 Å². The lowest BCUT2D eigenvalue weighted by atomic mass is 9.91. The van der Waals surface area contributed by atoms with E-state index in [0.29, 0.717) is 23.4 Å². The molecule has 3 atom stereocenters. The molecule has 30 heavy (non-hydrogen) atoms. The molecule has 1 aliphatic carbocycles. The van der Waals surface area contributed by atoms with Gasteiger partial charge in [0.15, 0.2) is 11.6 Å². The van der Waals surface area contributed by atoms with E-state index in [1.165, 1.54) is 0 Å². The van der Waals surface area contributed by atoms with Gasteiger partial charge in [0.05, 0.1) is 24.0 Å². The average molecular weight is 413 g/mol. The number of anilines is 1. The molecule has 3 unspecified atom stereocenters. The van der Waals surface area contributed by atoms with Crippen LogP contribution >= 0.6 is 0 Å². The van der Waals surface area contributed by atoms with Gasteiger partial charge in [-0.1, -0.05) is 19.8 Å².